The molecular formula is C24H36IN5O. The van der Waals surface area contributed by atoms with Gasteiger partial charge in [-0.2, -0.15) is 5.10 Å². The molecule has 2 fully saturated rings. The van der Waals surface area contributed by atoms with E-state index in [4.69, 9.17) is 9.73 Å². The molecule has 2 aromatic rings. The minimum Gasteiger partial charge on any atom is -0.370 e. The van der Waals surface area contributed by atoms with Gasteiger partial charge in [-0.3, -0.25) is 9.67 Å². The van der Waals surface area contributed by atoms with Crippen molar-refractivity contribution in [3.05, 3.63) is 53.3 Å². The van der Waals surface area contributed by atoms with Crippen LogP contribution in [0, 0.1) is 6.92 Å². The van der Waals surface area contributed by atoms with E-state index in [9.17, 15) is 0 Å². The molecule has 2 heterocycles. The monoisotopic (exact) mass is 537 g/mol. The molecule has 7 heteroatoms. The summed E-state index contributed by atoms with van der Waals surface area (Å²) in [7, 11) is 1.95. The molecule has 1 unspecified atom stereocenters. The Hall–Kier alpha value is -1.61. The standard InChI is InChI=1S/C24H35N5O.HI/c1-4-25-23(29-12-13-30-22(17-29)20-15-27-28(3)16-20)26-18-24(10-5-6-11-24)21-9-7-8-19(2)14-21;/h7-9,14-16,22H,4-6,10-13,17-18H2,1-3H3,(H,25,26);1H. The van der Waals surface area contributed by atoms with Crippen LogP contribution in [0.25, 0.3) is 0 Å². The zero-order valence-electron chi connectivity index (χ0n) is 19.0. The van der Waals surface area contributed by atoms with Gasteiger partial charge < -0.3 is 15.0 Å². The normalized spacial score (nSPS) is 21.1. The summed E-state index contributed by atoms with van der Waals surface area (Å²) in [5.41, 5.74) is 4.09. The second-order valence-electron chi connectivity index (χ2n) is 8.78. The molecule has 6 nitrogen and oxygen atoms in total. The molecule has 1 aromatic heterocycles. The highest BCUT2D eigenvalue weighted by Crippen LogP contribution is 2.41. The molecule has 0 spiro atoms. The van der Waals surface area contributed by atoms with Crippen molar-refractivity contribution in [2.75, 3.05) is 32.8 Å². The van der Waals surface area contributed by atoms with Crippen LogP contribution in [0.2, 0.25) is 0 Å². The summed E-state index contributed by atoms with van der Waals surface area (Å²) in [6, 6.07) is 9.04. The molecule has 0 radical (unpaired) electrons. The van der Waals surface area contributed by atoms with Gasteiger partial charge in [0.1, 0.15) is 6.10 Å². The van der Waals surface area contributed by atoms with Gasteiger partial charge >= 0.3 is 0 Å². The second-order valence-corrected chi connectivity index (χ2v) is 8.78. The van der Waals surface area contributed by atoms with Crippen LogP contribution < -0.4 is 5.32 Å². The number of aryl methyl sites for hydroxylation is 2. The lowest BCUT2D eigenvalue weighted by molar-refractivity contribution is -0.00807. The van der Waals surface area contributed by atoms with E-state index in [0.717, 1.165) is 37.7 Å². The van der Waals surface area contributed by atoms with Crippen molar-refractivity contribution < 1.29 is 4.74 Å². The minimum atomic E-state index is 0. The first kappa shape index (κ1) is 24.0. The van der Waals surface area contributed by atoms with E-state index < -0.39 is 0 Å². The number of hydrogen-bond donors (Lipinski definition) is 1. The number of ether oxygens (including phenoxy) is 1. The number of nitrogens with zero attached hydrogens (tertiary/aromatic N) is 4. The van der Waals surface area contributed by atoms with Gasteiger partial charge in [-0.25, -0.2) is 0 Å². The van der Waals surface area contributed by atoms with Gasteiger partial charge in [-0.15, -0.1) is 24.0 Å². The van der Waals surface area contributed by atoms with Crippen molar-refractivity contribution in [1.29, 1.82) is 0 Å². The summed E-state index contributed by atoms with van der Waals surface area (Å²) < 4.78 is 7.87. The number of halogens is 1. The SMILES string of the molecule is CCNC(=NCC1(c2cccc(C)c2)CCCC1)N1CCOC(c2cnn(C)c2)C1.I. The molecule has 1 saturated heterocycles. The maximum Gasteiger partial charge on any atom is 0.194 e. The smallest absolute Gasteiger partial charge is 0.194 e. The summed E-state index contributed by atoms with van der Waals surface area (Å²) >= 11 is 0. The lowest BCUT2D eigenvalue weighted by Crippen LogP contribution is -2.48. The van der Waals surface area contributed by atoms with E-state index in [0.29, 0.717) is 6.61 Å². The maximum absolute atomic E-state index is 6.04. The Balaban J connectivity index is 0.00000272. The molecular weight excluding hydrogens is 501 g/mol. The van der Waals surface area contributed by atoms with Crippen LogP contribution in [0.3, 0.4) is 0 Å². The van der Waals surface area contributed by atoms with Crippen LogP contribution in [0.5, 0.6) is 0 Å². The van der Waals surface area contributed by atoms with Crippen molar-refractivity contribution in [3.8, 4) is 0 Å². The molecule has 1 N–H and O–H groups in total. The van der Waals surface area contributed by atoms with Crippen molar-refractivity contribution in [2.45, 2.75) is 51.0 Å². The third-order valence-electron chi connectivity index (χ3n) is 6.52. The van der Waals surface area contributed by atoms with Crippen LogP contribution in [0.1, 0.15) is 55.4 Å². The zero-order valence-corrected chi connectivity index (χ0v) is 21.3. The topological polar surface area (TPSA) is 54.7 Å². The van der Waals surface area contributed by atoms with E-state index in [1.807, 2.05) is 24.1 Å². The van der Waals surface area contributed by atoms with E-state index >= 15 is 0 Å². The van der Waals surface area contributed by atoms with E-state index in [2.05, 4.69) is 53.4 Å². The average molecular weight is 537 g/mol. The van der Waals surface area contributed by atoms with Crippen LogP contribution in [-0.2, 0) is 17.2 Å². The highest BCUT2D eigenvalue weighted by atomic mass is 127. The van der Waals surface area contributed by atoms with Gasteiger partial charge in [-0.05, 0) is 32.3 Å². The van der Waals surface area contributed by atoms with Gasteiger partial charge in [0.25, 0.3) is 0 Å². The van der Waals surface area contributed by atoms with E-state index in [1.165, 1.54) is 36.8 Å². The Labute approximate surface area is 203 Å². The third kappa shape index (κ3) is 5.61. The fourth-order valence-corrected chi connectivity index (χ4v) is 4.87. The number of nitrogens with one attached hydrogen (secondary N) is 1. The fraction of sp³-hybridized carbons (Fsp3) is 0.583. The molecule has 31 heavy (non-hydrogen) atoms. The Bertz CT molecular complexity index is 874. The molecule has 1 aliphatic heterocycles. The first-order valence-electron chi connectivity index (χ1n) is 11.3. The van der Waals surface area contributed by atoms with Gasteiger partial charge in [0.15, 0.2) is 5.96 Å². The Morgan fingerprint density at radius 3 is 2.81 bits per heavy atom. The summed E-state index contributed by atoms with van der Waals surface area (Å²) in [5, 5.41) is 7.84. The average Bonchev–Trinajstić information content (AvgIpc) is 3.41. The Kier molecular flexibility index (Phi) is 8.38. The number of rotatable bonds is 5. The number of aliphatic imine (C=N–C) groups is 1. The minimum absolute atomic E-state index is 0. The molecule has 1 atom stereocenters. The van der Waals surface area contributed by atoms with Gasteiger partial charge in [0, 0.05) is 37.3 Å². The van der Waals surface area contributed by atoms with Crippen molar-refractivity contribution >= 4 is 29.9 Å². The molecule has 1 aromatic carbocycles. The van der Waals surface area contributed by atoms with Gasteiger partial charge in [0.2, 0.25) is 0 Å². The highest BCUT2D eigenvalue weighted by Gasteiger charge is 2.36. The molecule has 0 amide bonds. The number of guanidine groups is 1. The van der Waals surface area contributed by atoms with Crippen LogP contribution in [0.4, 0.5) is 0 Å². The van der Waals surface area contributed by atoms with Crippen molar-refractivity contribution in [1.82, 2.24) is 20.0 Å². The Morgan fingerprint density at radius 2 is 2.13 bits per heavy atom. The van der Waals surface area contributed by atoms with Gasteiger partial charge in [0.05, 0.1) is 25.9 Å². The summed E-state index contributed by atoms with van der Waals surface area (Å²) in [6.07, 6.45) is 9.02. The zero-order chi connectivity index (χ0) is 21.0. The van der Waals surface area contributed by atoms with E-state index in [-0.39, 0.29) is 35.5 Å². The first-order valence-corrected chi connectivity index (χ1v) is 11.3. The quantitative estimate of drug-likeness (QED) is 0.353. The summed E-state index contributed by atoms with van der Waals surface area (Å²) in [6.45, 7) is 8.40. The van der Waals surface area contributed by atoms with E-state index in [1.54, 1.807) is 0 Å². The number of benzene rings is 1. The molecule has 0 bridgehead atoms. The number of aromatic nitrogens is 2. The molecule has 1 aliphatic carbocycles. The van der Waals surface area contributed by atoms with Crippen molar-refractivity contribution in [3.63, 3.8) is 0 Å². The van der Waals surface area contributed by atoms with Crippen LogP contribution >= 0.6 is 24.0 Å². The lowest BCUT2D eigenvalue weighted by Gasteiger charge is -2.36. The first-order chi connectivity index (χ1) is 14.6. The van der Waals surface area contributed by atoms with Crippen LogP contribution in [0.15, 0.2) is 41.7 Å². The van der Waals surface area contributed by atoms with Gasteiger partial charge in [-0.1, -0.05) is 42.7 Å². The lowest BCUT2D eigenvalue weighted by atomic mass is 9.78. The number of morpholine rings is 1. The maximum atomic E-state index is 6.04. The second kappa shape index (κ2) is 10.8. The predicted octanol–water partition coefficient (Wildman–Crippen LogP) is 4.20. The highest BCUT2D eigenvalue weighted by molar-refractivity contribution is 14.0. The van der Waals surface area contributed by atoms with Crippen molar-refractivity contribution in [2.24, 2.45) is 12.0 Å². The van der Waals surface area contributed by atoms with Crippen LogP contribution in [-0.4, -0.2) is 53.4 Å². The third-order valence-corrected chi connectivity index (χ3v) is 6.52. The Morgan fingerprint density at radius 1 is 1.32 bits per heavy atom. The predicted molar refractivity (Wildman–Crippen MR) is 136 cm³/mol. The molecule has 1 saturated carbocycles. The largest absolute Gasteiger partial charge is 0.370 e. The number of hydrogen-bond acceptors (Lipinski definition) is 3. The molecule has 4 rings (SSSR count). The molecule has 170 valence electrons. The summed E-state index contributed by atoms with van der Waals surface area (Å²) in [5.74, 6) is 1.01. The summed E-state index contributed by atoms with van der Waals surface area (Å²) in [4.78, 5) is 7.54. The fourth-order valence-electron chi connectivity index (χ4n) is 4.87. The molecule has 2 aliphatic rings.